The third-order valence-electron chi connectivity index (χ3n) is 2.06. The molecular weight excluding hydrogens is 302 g/mol. The minimum Gasteiger partial charge on any atom is -0.759 e. The summed E-state index contributed by atoms with van der Waals surface area (Å²) in [6.07, 6.45) is -0.595. The minimum absolute atomic E-state index is 0.217. The van der Waals surface area contributed by atoms with Crippen molar-refractivity contribution >= 4 is 16.4 Å². The van der Waals surface area contributed by atoms with Crippen LogP contribution in [0.2, 0.25) is 0 Å². The summed E-state index contributed by atoms with van der Waals surface area (Å²) in [6, 6.07) is 7.67. The summed E-state index contributed by atoms with van der Waals surface area (Å²) in [7, 11) is -5.17. The molecule has 9 nitrogen and oxygen atoms in total. The molecule has 0 aliphatic rings. The van der Waals surface area contributed by atoms with Gasteiger partial charge in [0.25, 0.3) is 0 Å². The van der Waals surface area contributed by atoms with Crippen LogP contribution >= 0.6 is 0 Å². The van der Waals surface area contributed by atoms with E-state index in [0.29, 0.717) is 6.54 Å². The van der Waals surface area contributed by atoms with Gasteiger partial charge in [-0.05, 0) is 24.6 Å². The molecule has 0 radical (unpaired) electrons. The van der Waals surface area contributed by atoms with Gasteiger partial charge in [0.05, 0.1) is 0 Å². The van der Waals surface area contributed by atoms with Crippen molar-refractivity contribution in [1.29, 1.82) is 0 Å². The van der Waals surface area contributed by atoms with Crippen LogP contribution in [0.5, 0.6) is 5.75 Å². The summed E-state index contributed by atoms with van der Waals surface area (Å²) in [5.41, 5.74) is 6.38. The van der Waals surface area contributed by atoms with Crippen molar-refractivity contribution < 1.29 is 38.1 Å². The molecule has 0 bridgehead atoms. The lowest BCUT2D eigenvalue weighted by molar-refractivity contribution is -0.576. The Morgan fingerprint density at radius 1 is 1.52 bits per heavy atom. The van der Waals surface area contributed by atoms with Gasteiger partial charge in [0, 0.05) is 10.4 Å². The highest BCUT2D eigenvalue weighted by Crippen LogP contribution is 2.12. The molecule has 1 aromatic rings. The number of rotatable bonds is 5. The number of aliphatic hydroxyl groups is 1. The molecule has 1 rings (SSSR count). The van der Waals surface area contributed by atoms with E-state index in [4.69, 9.17) is 33.4 Å². The van der Waals surface area contributed by atoms with Crippen LogP contribution < -0.4 is 21.2 Å². The number of aryl methyl sites for hydroxylation is 1. The average molecular weight is 321 g/mol. The largest absolute Gasteiger partial charge is 0.759 e. The first-order valence-electron chi connectivity index (χ1n) is 5.83. The van der Waals surface area contributed by atoms with Crippen LogP contribution in [0.15, 0.2) is 24.3 Å². The highest BCUT2D eigenvalue weighted by molar-refractivity contribution is 7.79. The van der Waals surface area contributed by atoms with Crippen molar-refractivity contribution in [1.82, 2.24) is 0 Å². The van der Waals surface area contributed by atoms with Crippen molar-refractivity contribution in [2.24, 2.45) is 5.73 Å². The standard InChI is InChI=1S/C11H17N3O2.H2O4S/c1-8-3-2-4-10(5-8)16-7-9(15)6-14-11(12)13;1-5(2,3)4/h2-5,9,15H,6-7H2,1H3,(H4,12,13,14);(H2,1,2,3,4). The molecule has 0 aliphatic carbocycles. The summed E-state index contributed by atoms with van der Waals surface area (Å²) in [5.74, 6) is 0.971. The van der Waals surface area contributed by atoms with E-state index in [-0.39, 0.29) is 12.6 Å². The fourth-order valence-corrected chi connectivity index (χ4v) is 1.24. The van der Waals surface area contributed by atoms with Gasteiger partial charge in [-0.15, -0.1) is 0 Å². The first-order valence-corrected chi connectivity index (χ1v) is 7.16. The van der Waals surface area contributed by atoms with Gasteiger partial charge < -0.3 is 18.9 Å². The van der Waals surface area contributed by atoms with Crippen molar-refractivity contribution in [2.45, 2.75) is 13.0 Å². The highest BCUT2D eigenvalue weighted by atomic mass is 32.3. The van der Waals surface area contributed by atoms with E-state index in [2.05, 4.69) is 0 Å². The second-order valence-electron chi connectivity index (χ2n) is 4.13. The zero-order chi connectivity index (χ0) is 16.5. The molecule has 0 aliphatic heterocycles. The van der Waals surface area contributed by atoms with Crippen LogP contribution in [-0.2, 0) is 10.4 Å². The Hall–Kier alpha value is -1.72. The van der Waals surface area contributed by atoms with E-state index in [1.165, 1.54) is 0 Å². The predicted molar refractivity (Wildman–Crippen MR) is 71.1 cm³/mol. The number of aliphatic hydroxyl groups excluding tert-OH is 1. The molecule has 0 saturated carbocycles. The molecule has 10 heteroatoms. The normalized spacial score (nSPS) is 12.0. The second kappa shape index (κ2) is 9.26. The van der Waals surface area contributed by atoms with Gasteiger partial charge in [-0.25, -0.2) is 16.5 Å². The number of hydrogen-bond acceptors (Lipinski definition) is 6. The lowest BCUT2D eigenvalue weighted by Gasteiger charge is -2.10. The smallest absolute Gasteiger partial charge is 0.434 e. The van der Waals surface area contributed by atoms with Crippen molar-refractivity contribution in [3.63, 3.8) is 0 Å². The summed E-state index contributed by atoms with van der Waals surface area (Å²) in [5, 5.41) is 16.4. The number of nitrogens with two attached hydrogens (primary N) is 3. The summed E-state index contributed by atoms with van der Waals surface area (Å²) in [6.45, 7) is 2.61. The number of ether oxygens (including phenoxy) is 1. The predicted octanol–water partition coefficient (Wildman–Crippen LogP) is -3.97. The molecule has 0 amide bonds. The topological polar surface area (TPSA) is 178 Å². The van der Waals surface area contributed by atoms with Crippen LogP contribution in [0.1, 0.15) is 5.56 Å². The van der Waals surface area contributed by atoms with Crippen LogP contribution in [0.3, 0.4) is 0 Å². The molecule has 0 aromatic heterocycles. The van der Waals surface area contributed by atoms with Crippen LogP contribution in [0.25, 0.3) is 0 Å². The van der Waals surface area contributed by atoms with Crippen LogP contribution in [-0.4, -0.2) is 47.8 Å². The Labute approximate surface area is 122 Å². The monoisotopic (exact) mass is 321 g/mol. The van der Waals surface area contributed by atoms with Crippen LogP contribution in [0, 0.1) is 6.92 Å². The van der Waals surface area contributed by atoms with Gasteiger partial charge in [0.1, 0.15) is 25.0 Å². The molecule has 21 heavy (non-hydrogen) atoms. The Bertz CT molecular complexity index is 541. The van der Waals surface area contributed by atoms with Gasteiger partial charge in [-0.1, -0.05) is 12.1 Å². The second-order valence-corrected chi connectivity index (χ2v) is 4.95. The molecule has 0 heterocycles. The lowest BCUT2D eigenvalue weighted by atomic mass is 10.2. The maximum Gasteiger partial charge on any atom is 0.434 e. The maximum atomic E-state index is 9.55. The van der Waals surface area contributed by atoms with E-state index in [0.717, 1.165) is 11.3 Å². The van der Waals surface area contributed by atoms with Gasteiger partial charge in [-0.2, -0.15) is 0 Å². The van der Waals surface area contributed by atoms with Crippen molar-refractivity contribution in [2.75, 3.05) is 13.2 Å². The molecule has 120 valence electrons. The SMILES string of the molecule is Cc1cccc(OCC(O)C[NH2+]C(N)=[NH2+])c1.O=S(=O)([O-])[O-]. The summed E-state index contributed by atoms with van der Waals surface area (Å²) < 4.78 is 39.5. The van der Waals surface area contributed by atoms with Gasteiger partial charge >= 0.3 is 5.96 Å². The zero-order valence-corrected chi connectivity index (χ0v) is 12.2. The number of guanidine groups is 1. The maximum absolute atomic E-state index is 9.55. The lowest BCUT2D eigenvalue weighted by Crippen LogP contribution is -2.98. The molecule has 1 atom stereocenters. The quantitative estimate of drug-likeness (QED) is 0.185. The molecule has 0 saturated heterocycles. The third-order valence-corrected chi connectivity index (χ3v) is 2.06. The van der Waals surface area contributed by atoms with Crippen molar-refractivity contribution in [3.8, 4) is 5.75 Å². The molecule has 0 spiro atoms. The summed E-state index contributed by atoms with van der Waals surface area (Å²) >= 11 is 0. The minimum atomic E-state index is -5.17. The summed E-state index contributed by atoms with van der Waals surface area (Å²) in [4.78, 5) is 0. The van der Waals surface area contributed by atoms with E-state index >= 15 is 0 Å². The first-order chi connectivity index (χ1) is 9.58. The Kier molecular flexibility index (Phi) is 8.50. The van der Waals surface area contributed by atoms with Gasteiger partial charge in [0.2, 0.25) is 0 Å². The van der Waals surface area contributed by atoms with Gasteiger partial charge in [-0.3, -0.25) is 8.42 Å². The zero-order valence-electron chi connectivity index (χ0n) is 11.4. The molecular formula is C11H19N3O6S. The third kappa shape index (κ3) is 14.5. The Balaban J connectivity index is 0.000000690. The van der Waals surface area contributed by atoms with E-state index in [1.54, 1.807) is 5.32 Å². The fourth-order valence-electron chi connectivity index (χ4n) is 1.24. The molecule has 1 unspecified atom stereocenters. The van der Waals surface area contributed by atoms with Crippen molar-refractivity contribution in [3.05, 3.63) is 29.8 Å². The fraction of sp³-hybridized carbons (Fsp3) is 0.364. The molecule has 7 N–H and O–H groups in total. The van der Waals surface area contributed by atoms with Gasteiger partial charge in [0.15, 0.2) is 0 Å². The number of benzene rings is 1. The Morgan fingerprint density at radius 3 is 2.57 bits per heavy atom. The van der Waals surface area contributed by atoms with Crippen LogP contribution in [0.4, 0.5) is 0 Å². The van der Waals surface area contributed by atoms with E-state index in [1.807, 2.05) is 31.2 Å². The average Bonchev–Trinajstić information content (AvgIpc) is 2.32. The Morgan fingerprint density at radius 2 is 2.10 bits per heavy atom. The highest BCUT2D eigenvalue weighted by Gasteiger charge is 2.10. The van der Waals surface area contributed by atoms with E-state index in [9.17, 15) is 5.11 Å². The first kappa shape index (κ1) is 19.3. The van der Waals surface area contributed by atoms with E-state index < -0.39 is 16.5 Å². The molecule has 0 fully saturated rings. The number of quaternary nitrogens is 1. The molecule has 1 aromatic carbocycles. The number of hydrogen-bond donors (Lipinski definition) is 4.